The molecule has 1 N–H and O–H groups in total. The van der Waals surface area contributed by atoms with Crippen molar-refractivity contribution in [3.8, 4) is 17.4 Å². The van der Waals surface area contributed by atoms with E-state index >= 15 is 0 Å². The molecule has 0 fully saturated rings. The number of ketones is 1. The molecule has 0 saturated carbocycles. The number of para-hydroxylation sites is 2. The van der Waals surface area contributed by atoms with Gasteiger partial charge in [-0.15, -0.1) is 0 Å². The van der Waals surface area contributed by atoms with Gasteiger partial charge >= 0.3 is 12.2 Å². The highest BCUT2D eigenvalue weighted by Crippen LogP contribution is 2.36. The van der Waals surface area contributed by atoms with Crippen LogP contribution < -0.4 is 14.8 Å². The van der Waals surface area contributed by atoms with Gasteiger partial charge in [0.25, 0.3) is 0 Å². The fourth-order valence-electron chi connectivity index (χ4n) is 2.96. The van der Waals surface area contributed by atoms with Gasteiger partial charge in [-0.25, -0.2) is 9.18 Å². The van der Waals surface area contributed by atoms with Gasteiger partial charge in [-0.1, -0.05) is 54.1 Å². The number of rotatable bonds is 8. The number of allylic oxidation sites excluding steroid dienone is 2. The van der Waals surface area contributed by atoms with Gasteiger partial charge in [0.2, 0.25) is 5.88 Å². The Bertz CT molecular complexity index is 1320. The fraction of sp³-hybridized carbons (Fsp3) is 0.160. The Balaban J connectivity index is 1.83. The van der Waals surface area contributed by atoms with Crippen LogP contribution in [0.4, 0.5) is 28.2 Å². The predicted molar refractivity (Wildman–Crippen MR) is 128 cm³/mol. The molecule has 0 saturated heterocycles. The molecule has 0 aliphatic heterocycles. The summed E-state index contributed by atoms with van der Waals surface area (Å²) < 4.78 is 65.8. The molecule has 0 aliphatic rings. The quantitative estimate of drug-likeness (QED) is 0.254. The second-order valence-electron chi connectivity index (χ2n) is 7.56. The monoisotopic (exact) mass is 537 g/mol. The third kappa shape index (κ3) is 7.43. The van der Waals surface area contributed by atoms with Crippen LogP contribution in [0.2, 0.25) is 5.02 Å². The van der Waals surface area contributed by atoms with Crippen molar-refractivity contribution in [2.45, 2.75) is 19.7 Å². The van der Waals surface area contributed by atoms with Crippen LogP contribution in [0.25, 0.3) is 0 Å². The van der Waals surface area contributed by atoms with Gasteiger partial charge in [-0.3, -0.25) is 15.0 Å². The second kappa shape index (κ2) is 11.7. The summed E-state index contributed by atoms with van der Waals surface area (Å²) in [6, 6.07) is 15.2. The molecule has 2 amide bonds. The number of urea groups is 1. The topological polar surface area (TPSA) is 80.8 Å². The molecule has 3 rings (SSSR count). The number of nitrogens with zero attached hydrogens (tertiary/aromatic N) is 2. The largest absolute Gasteiger partial charge is 0.485 e. The lowest BCUT2D eigenvalue weighted by molar-refractivity contribution is -0.116. The van der Waals surface area contributed by atoms with E-state index in [1.807, 2.05) is 35.6 Å². The number of benzene rings is 2. The smallest absolute Gasteiger partial charge is 0.431 e. The summed E-state index contributed by atoms with van der Waals surface area (Å²) in [5.74, 6) is -2.68. The van der Waals surface area contributed by atoms with E-state index < -0.39 is 35.3 Å². The standard InChI is InChI=1S/C25H20ClF4N3O4/c1-15(34)12-21(25(28,29)30)33(2)24(35)32-22-18(27)13-17(26)23(31-22)37-20-11-7-6-10-19(20)36-14-16-8-4-3-5-9-16/h3-13H,14H2,1-2H3,(H,31,32,35)/b21-12-. The van der Waals surface area contributed by atoms with Gasteiger partial charge in [0.1, 0.15) is 17.3 Å². The first-order valence-electron chi connectivity index (χ1n) is 10.6. The van der Waals surface area contributed by atoms with Crippen LogP contribution >= 0.6 is 11.6 Å². The first kappa shape index (κ1) is 27.5. The molecule has 0 bridgehead atoms. The fourth-order valence-corrected chi connectivity index (χ4v) is 3.13. The van der Waals surface area contributed by atoms with Gasteiger partial charge in [0.15, 0.2) is 28.9 Å². The van der Waals surface area contributed by atoms with E-state index in [1.165, 1.54) is 6.07 Å². The highest BCUT2D eigenvalue weighted by molar-refractivity contribution is 6.31. The summed E-state index contributed by atoms with van der Waals surface area (Å²) in [6.07, 6.45) is -4.78. The molecule has 3 aromatic rings. The van der Waals surface area contributed by atoms with Crippen LogP contribution in [0.1, 0.15) is 12.5 Å². The van der Waals surface area contributed by atoms with E-state index in [0.29, 0.717) is 5.75 Å². The molecule has 1 aromatic heterocycles. The van der Waals surface area contributed by atoms with Crippen LogP contribution in [-0.2, 0) is 11.4 Å². The van der Waals surface area contributed by atoms with Crippen molar-refractivity contribution >= 4 is 29.2 Å². The van der Waals surface area contributed by atoms with Gasteiger partial charge < -0.3 is 9.47 Å². The lowest BCUT2D eigenvalue weighted by Gasteiger charge is -2.23. The molecule has 37 heavy (non-hydrogen) atoms. The summed E-state index contributed by atoms with van der Waals surface area (Å²) in [6.45, 7) is 1.11. The molecule has 7 nitrogen and oxygen atoms in total. The predicted octanol–water partition coefficient (Wildman–Crippen LogP) is 6.74. The number of carbonyl (C=O) groups excluding carboxylic acids is 2. The maximum Gasteiger partial charge on any atom is 0.431 e. The minimum absolute atomic E-state index is 0.115. The van der Waals surface area contributed by atoms with Crippen molar-refractivity contribution in [3.63, 3.8) is 0 Å². The molecular weight excluding hydrogens is 518 g/mol. The number of nitrogens with one attached hydrogen (secondary N) is 1. The normalized spacial score (nSPS) is 11.6. The number of pyridine rings is 1. The Labute approximate surface area is 214 Å². The number of alkyl halides is 3. The molecule has 2 aromatic carbocycles. The van der Waals surface area contributed by atoms with Crippen molar-refractivity contribution in [1.82, 2.24) is 9.88 Å². The van der Waals surface area contributed by atoms with Crippen molar-refractivity contribution in [2.75, 3.05) is 12.4 Å². The average Bonchev–Trinajstić information content (AvgIpc) is 2.84. The van der Waals surface area contributed by atoms with Crippen LogP contribution in [0.15, 0.2) is 72.4 Å². The van der Waals surface area contributed by atoms with E-state index in [1.54, 1.807) is 18.2 Å². The van der Waals surface area contributed by atoms with Gasteiger partial charge in [-0.2, -0.15) is 18.2 Å². The zero-order valence-electron chi connectivity index (χ0n) is 19.5. The molecule has 12 heteroatoms. The Kier molecular flexibility index (Phi) is 8.72. The summed E-state index contributed by atoms with van der Waals surface area (Å²) in [4.78, 5) is 27.6. The maximum absolute atomic E-state index is 14.5. The zero-order valence-corrected chi connectivity index (χ0v) is 20.2. The Morgan fingerprint density at radius 3 is 2.32 bits per heavy atom. The van der Waals surface area contributed by atoms with Crippen molar-refractivity contribution in [3.05, 3.63) is 88.8 Å². The third-order valence-electron chi connectivity index (χ3n) is 4.71. The Morgan fingerprint density at radius 1 is 1.08 bits per heavy atom. The molecule has 0 spiro atoms. The number of halogens is 5. The van der Waals surface area contributed by atoms with Crippen molar-refractivity contribution in [1.29, 1.82) is 0 Å². The summed E-state index contributed by atoms with van der Waals surface area (Å²) >= 11 is 6.06. The lowest BCUT2D eigenvalue weighted by Crippen LogP contribution is -2.37. The third-order valence-corrected chi connectivity index (χ3v) is 4.98. The van der Waals surface area contributed by atoms with Crippen molar-refractivity contribution in [2.24, 2.45) is 0 Å². The number of hydrogen-bond acceptors (Lipinski definition) is 5. The van der Waals surface area contributed by atoms with Crippen LogP contribution in [0.3, 0.4) is 0 Å². The summed E-state index contributed by atoms with van der Waals surface area (Å²) in [5.41, 5.74) is -0.658. The van der Waals surface area contributed by atoms with Gasteiger partial charge in [-0.05, 0) is 24.6 Å². The molecule has 0 unspecified atom stereocenters. The first-order valence-corrected chi connectivity index (χ1v) is 11.0. The Morgan fingerprint density at radius 2 is 1.70 bits per heavy atom. The molecule has 194 valence electrons. The second-order valence-corrected chi connectivity index (χ2v) is 7.96. The van der Waals surface area contributed by atoms with Crippen LogP contribution in [0, 0.1) is 5.82 Å². The van der Waals surface area contributed by atoms with E-state index in [-0.39, 0.29) is 34.2 Å². The van der Waals surface area contributed by atoms with Crippen LogP contribution in [-0.4, -0.2) is 34.9 Å². The number of anilines is 1. The summed E-state index contributed by atoms with van der Waals surface area (Å²) in [7, 11) is 0.767. The number of aromatic nitrogens is 1. The molecule has 0 aliphatic carbocycles. The minimum Gasteiger partial charge on any atom is -0.485 e. The van der Waals surface area contributed by atoms with Crippen molar-refractivity contribution < 1.29 is 36.6 Å². The zero-order chi connectivity index (χ0) is 27.2. The molecule has 0 atom stereocenters. The van der Waals surface area contributed by atoms with E-state index in [4.69, 9.17) is 21.1 Å². The average molecular weight is 538 g/mol. The van der Waals surface area contributed by atoms with E-state index in [9.17, 15) is 27.2 Å². The highest BCUT2D eigenvalue weighted by Gasteiger charge is 2.39. The Hall–Kier alpha value is -4.12. The number of hydrogen-bond donors (Lipinski definition) is 1. The molecule has 0 radical (unpaired) electrons. The molecule has 1 heterocycles. The van der Waals surface area contributed by atoms with E-state index in [0.717, 1.165) is 25.6 Å². The van der Waals surface area contributed by atoms with Gasteiger partial charge in [0, 0.05) is 19.2 Å². The van der Waals surface area contributed by atoms with E-state index in [2.05, 4.69) is 4.98 Å². The van der Waals surface area contributed by atoms with Gasteiger partial charge in [0.05, 0.1) is 0 Å². The van der Waals surface area contributed by atoms with Crippen LogP contribution in [0.5, 0.6) is 17.4 Å². The SMILES string of the molecule is CC(=O)/C=C(\N(C)C(=O)Nc1nc(Oc2ccccc2OCc2ccccc2)c(Cl)cc1F)C(F)(F)F. The lowest BCUT2D eigenvalue weighted by atomic mass is 10.2. The minimum atomic E-state index is -5.03. The molecular formula is C25H20ClF4N3O4. The first-order chi connectivity index (χ1) is 17.5. The number of ether oxygens (including phenoxy) is 2. The summed E-state index contributed by atoms with van der Waals surface area (Å²) in [5, 5.41) is 1.66. The highest BCUT2D eigenvalue weighted by atomic mass is 35.5. The number of carbonyl (C=O) groups is 2. The maximum atomic E-state index is 14.5. The number of amides is 2.